The molecule has 92 valence electrons. The molecule has 0 saturated heterocycles. The fraction of sp³-hybridized carbons (Fsp3) is 0.0769. The fourth-order valence-electron chi connectivity index (χ4n) is 1.58. The van der Waals surface area contributed by atoms with Crippen molar-refractivity contribution in [1.29, 1.82) is 0 Å². The third-order valence-corrected chi connectivity index (χ3v) is 3.77. The molecule has 0 amide bonds. The van der Waals surface area contributed by atoms with Crippen molar-refractivity contribution in [3.8, 4) is 16.9 Å². The number of methoxy groups -OCH3 is 1. The van der Waals surface area contributed by atoms with E-state index in [0.717, 1.165) is 15.6 Å². The summed E-state index contributed by atoms with van der Waals surface area (Å²) in [6.45, 7) is 0. The van der Waals surface area contributed by atoms with Gasteiger partial charge in [0.15, 0.2) is 6.29 Å². The molecule has 0 N–H and O–H groups in total. The summed E-state index contributed by atoms with van der Waals surface area (Å²) in [6, 6.07) is 7.36. The number of pyridine rings is 1. The number of ether oxygens (including phenoxy) is 1. The number of carbonyl (C=O) groups is 1. The van der Waals surface area contributed by atoms with Crippen LogP contribution >= 0.6 is 27.5 Å². The van der Waals surface area contributed by atoms with Crippen molar-refractivity contribution in [1.82, 2.24) is 4.98 Å². The summed E-state index contributed by atoms with van der Waals surface area (Å²) in [5, 5.41) is 0.597. The maximum Gasteiger partial charge on any atom is 0.172 e. The second-order valence-electron chi connectivity index (χ2n) is 3.53. The maximum absolute atomic E-state index is 10.8. The van der Waals surface area contributed by atoms with Crippen LogP contribution in [0.1, 0.15) is 10.5 Å². The Hall–Kier alpha value is -1.39. The molecular formula is C13H9BrClNO2. The summed E-state index contributed by atoms with van der Waals surface area (Å²) in [6.07, 6.45) is 2.25. The van der Waals surface area contributed by atoms with Gasteiger partial charge in [0.25, 0.3) is 0 Å². The van der Waals surface area contributed by atoms with E-state index in [4.69, 9.17) is 16.3 Å². The van der Waals surface area contributed by atoms with E-state index >= 15 is 0 Å². The molecule has 0 saturated carbocycles. The number of nitrogens with zero attached hydrogens (tertiary/aromatic N) is 1. The smallest absolute Gasteiger partial charge is 0.172 e. The van der Waals surface area contributed by atoms with Gasteiger partial charge in [0, 0.05) is 21.8 Å². The van der Waals surface area contributed by atoms with Crippen LogP contribution in [0.15, 0.2) is 34.9 Å². The van der Waals surface area contributed by atoms with Crippen LogP contribution in [0.25, 0.3) is 11.1 Å². The minimum Gasteiger partial charge on any atom is -0.494 e. The van der Waals surface area contributed by atoms with Crippen LogP contribution in [0.5, 0.6) is 5.75 Å². The Morgan fingerprint density at radius 1 is 1.44 bits per heavy atom. The Morgan fingerprint density at radius 3 is 2.89 bits per heavy atom. The van der Waals surface area contributed by atoms with Gasteiger partial charge in [-0.25, -0.2) is 4.98 Å². The molecule has 0 fully saturated rings. The van der Waals surface area contributed by atoms with E-state index in [1.54, 1.807) is 12.3 Å². The van der Waals surface area contributed by atoms with Gasteiger partial charge in [-0.2, -0.15) is 0 Å². The van der Waals surface area contributed by atoms with Crippen LogP contribution in [0.4, 0.5) is 0 Å². The third-order valence-electron chi connectivity index (χ3n) is 2.48. The van der Waals surface area contributed by atoms with Gasteiger partial charge < -0.3 is 4.74 Å². The number of rotatable bonds is 3. The van der Waals surface area contributed by atoms with Crippen LogP contribution in [0.3, 0.4) is 0 Å². The van der Waals surface area contributed by atoms with Gasteiger partial charge in [0.05, 0.1) is 12.1 Å². The van der Waals surface area contributed by atoms with Crippen LogP contribution in [0, 0.1) is 0 Å². The molecular weight excluding hydrogens is 318 g/mol. The molecule has 1 aromatic carbocycles. The van der Waals surface area contributed by atoms with E-state index in [9.17, 15) is 4.79 Å². The average molecular weight is 327 g/mol. The van der Waals surface area contributed by atoms with Gasteiger partial charge in [-0.3, -0.25) is 4.79 Å². The number of carbonyl (C=O) groups excluding carboxylic acids is 1. The fourth-order valence-corrected chi connectivity index (χ4v) is 2.18. The molecule has 0 aliphatic rings. The van der Waals surface area contributed by atoms with Crippen molar-refractivity contribution in [2.24, 2.45) is 0 Å². The van der Waals surface area contributed by atoms with Crippen molar-refractivity contribution in [3.63, 3.8) is 0 Å². The van der Waals surface area contributed by atoms with Crippen molar-refractivity contribution in [2.45, 2.75) is 0 Å². The molecule has 0 bridgehead atoms. The first-order valence-corrected chi connectivity index (χ1v) is 6.28. The zero-order valence-electron chi connectivity index (χ0n) is 9.48. The summed E-state index contributed by atoms with van der Waals surface area (Å²) in [4.78, 5) is 14.8. The molecule has 1 heterocycles. The number of hydrogen-bond donors (Lipinski definition) is 0. The molecule has 18 heavy (non-hydrogen) atoms. The molecule has 0 spiro atoms. The third kappa shape index (κ3) is 2.40. The maximum atomic E-state index is 10.8. The van der Waals surface area contributed by atoms with Gasteiger partial charge in [0.1, 0.15) is 11.4 Å². The van der Waals surface area contributed by atoms with Gasteiger partial charge in [-0.05, 0) is 28.1 Å². The Kier molecular flexibility index (Phi) is 3.99. The zero-order chi connectivity index (χ0) is 13.1. The zero-order valence-corrected chi connectivity index (χ0v) is 11.8. The number of benzene rings is 1. The number of aromatic nitrogens is 1. The lowest BCUT2D eigenvalue weighted by Crippen LogP contribution is -1.95. The molecule has 0 radical (unpaired) electrons. The number of aldehydes is 1. The molecule has 0 aliphatic carbocycles. The Bertz CT molecular complexity index is 602. The number of halogens is 2. The minimum absolute atomic E-state index is 0.271. The normalized spacial score (nSPS) is 10.2. The first kappa shape index (κ1) is 13.1. The molecule has 3 nitrogen and oxygen atoms in total. The molecule has 5 heteroatoms. The van der Waals surface area contributed by atoms with Gasteiger partial charge in [0.2, 0.25) is 0 Å². The lowest BCUT2D eigenvalue weighted by molar-refractivity contribution is 0.111. The molecule has 0 aliphatic heterocycles. The standard InChI is InChI=1S/C13H9BrClNO2/c1-18-12-5-8(6-16-11(12)7-17)9-3-2-4-10(14)13(9)15/h2-7H,1H3. The van der Waals surface area contributed by atoms with Crippen molar-refractivity contribution >= 4 is 33.8 Å². The van der Waals surface area contributed by atoms with E-state index in [2.05, 4.69) is 20.9 Å². The van der Waals surface area contributed by atoms with Crippen LogP contribution in [-0.4, -0.2) is 18.4 Å². The lowest BCUT2D eigenvalue weighted by atomic mass is 10.1. The second kappa shape index (κ2) is 5.50. The summed E-state index contributed by atoms with van der Waals surface area (Å²) in [7, 11) is 1.50. The topological polar surface area (TPSA) is 39.2 Å². The van der Waals surface area contributed by atoms with E-state index in [0.29, 0.717) is 17.1 Å². The Labute approximate surface area is 118 Å². The monoisotopic (exact) mass is 325 g/mol. The highest BCUT2D eigenvalue weighted by Gasteiger charge is 2.10. The first-order valence-electron chi connectivity index (χ1n) is 5.11. The van der Waals surface area contributed by atoms with Crippen molar-refractivity contribution < 1.29 is 9.53 Å². The Balaban J connectivity index is 2.58. The number of hydrogen-bond acceptors (Lipinski definition) is 3. The highest BCUT2D eigenvalue weighted by molar-refractivity contribution is 9.10. The van der Waals surface area contributed by atoms with Gasteiger partial charge >= 0.3 is 0 Å². The average Bonchev–Trinajstić information content (AvgIpc) is 2.41. The highest BCUT2D eigenvalue weighted by Crippen LogP contribution is 2.34. The highest BCUT2D eigenvalue weighted by atomic mass is 79.9. The minimum atomic E-state index is 0.271. The largest absolute Gasteiger partial charge is 0.494 e. The molecule has 0 unspecified atom stereocenters. The van der Waals surface area contributed by atoms with E-state index in [1.807, 2.05) is 18.2 Å². The summed E-state index contributed by atoms with van der Waals surface area (Å²) < 4.78 is 5.93. The molecule has 1 aromatic heterocycles. The van der Waals surface area contributed by atoms with Crippen molar-refractivity contribution in [2.75, 3.05) is 7.11 Å². The first-order chi connectivity index (χ1) is 8.67. The van der Waals surface area contributed by atoms with Crippen molar-refractivity contribution in [3.05, 3.63) is 45.7 Å². The van der Waals surface area contributed by atoms with Crippen LogP contribution in [0.2, 0.25) is 5.02 Å². The van der Waals surface area contributed by atoms with Crippen LogP contribution < -0.4 is 4.74 Å². The van der Waals surface area contributed by atoms with Gasteiger partial charge in [-0.1, -0.05) is 23.7 Å². The molecule has 2 rings (SSSR count). The SMILES string of the molecule is COc1cc(-c2cccc(Br)c2Cl)cnc1C=O. The van der Waals surface area contributed by atoms with E-state index in [-0.39, 0.29) is 5.69 Å². The summed E-state index contributed by atoms with van der Waals surface area (Å²) in [5.41, 5.74) is 1.89. The predicted octanol–water partition coefficient (Wildman–Crippen LogP) is 3.99. The van der Waals surface area contributed by atoms with E-state index < -0.39 is 0 Å². The summed E-state index contributed by atoms with van der Waals surface area (Å²) >= 11 is 9.58. The summed E-state index contributed by atoms with van der Waals surface area (Å²) in [5.74, 6) is 0.429. The molecule has 0 atom stereocenters. The Morgan fingerprint density at radius 2 is 2.22 bits per heavy atom. The second-order valence-corrected chi connectivity index (χ2v) is 4.76. The quantitative estimate of drug-likeness (QED) is 0.801. The lowest BCUT2D eigenvalue weighted by Gasteiger charge is -2.08. The molecule has 2 aromatic rings. The van der Waals surface area contributed by atoms with E-state index in [1.165, 1.54) is 7.11 Å². The van der Waals surface area contributed by atoms with Crippen LogP contribution in [-0.2, 0) is 0 Å². The predicted molar refractivity (Wildman–Crippen MR) is 74.3 cm³/mol. The van der Waals surface area contributed by atoms with Gasteiger partial charge in [-0.15, -0.1) is 0 Å².